The number of aromatic nitrogens is 3. The lowest BCUT2D eigenvalue weighted by Crippen LogP contribution is -2.27. The number of H-pyrrole nitrogens is 1. The van der Waals surface area contributed by atoms with Crippen LogP contribution in [0.25, 0.3) is 16.6 Å². The number of carbonyl (C=O) groups is 2. The van der Waals surface area contributed by atoms with E-state index in [0.717, 1.165) is 5.56 Å². The first-order valence-electron chi connectivity index (χ1n) is 9.67. The largest absolute Gasteiger partial charge is 0.345 e. The Labute approximate surface area is 171 Å². The van der Waals surface area contributed by atoms with Gasteiger partial charge in [-0.25, -0.2) is 4.52 Å². The maximum Gasteiger partial charge on any atom is 0.259 e. The van der Waals surface area contributed by atoms with E-state index in [0.29, 0.717) is 28.7 Å². The number of fused-ring (bicyclic) bond motifs is 3. The van der Waals surface area contributed by atoms with E-state index >= 15 is 0 Å². The lowest BCUT2D eigenvalue weighted by Gasteiger charge is -2.14. The van der Waals surface area contributed by atoms with Gasteiger partial charge >= 0.3 is 0 Å². The van der Waals surface area contributed by atoms with Gasteiger partial charge in [0.15, 0.2) is 0 Å². The number of para-hydroxylation sites is 1. The molecule has 152 valence electrons. The summed E-state index contributed by atoms with van der Waals surface area (Å²) in [5, 5.41) is 10.5. The Morgan fingerprint density at radius 3 is 2.60 bits per heavy atom. The molecule has 0 spiro atoms. The average Bonchev–Trinajstić information content (AvgIpc) is 3.18. The highest BCUT2D eigenvalue weighted by molar-refractivity contribution is 6.00. The fourth-order valence-corrected chi connectivity index (χ4v) is 3.30. The summed E-state index contributed by atoms with van der Waals surface area (Å²) in [5.74, 6) is -0.398. The number of rotatable bonds is 5. The van der Waals surface area contributed by atoms with Gasteiger partial charge in [-0.2, -0.15) is 5.10 Å². The molecule has 0 bridgehead atoms. The third-order valence-corrected chi connectivity index (χ3v) is 4.99. The van der Waals surface area contributed by atoms with Crippen molar-refractivity contribution in [1.82, 2.24) is 19.9 Å². The molecule has 0 radical (unpaired) electrons. The van der Waals surface area contributed by atoms with Crippen molar-refractivity contribution in [1.29, 1.82) is 0 Å². The Kier molecular flexibility index (Phi) is 5.05. The lowest BCUT2D eigenvalue weighted by atomic mass is 10.1. The van der Waals surface area contributed by atoms with Gasteiger partial charge in [0.05, 0.1) is 23.1 Å². The van der Waals surface area contributed by atoms with E-state index in [9.17, 15) is 14.4 Å². The van der Waals surface area contributed by atoms with Crippen LogP contribution in [0.2, 0.25) is 0 Å². The second kappa shape index (κ2) is 7.82. The molecule has 4 rings (SSSR count). The van der Waals surface area contributed by atoms with Crippen molar-refractivity contribution < 1.29 is 9.59 Å². The SMILES string of the molecule is CCC(=O)Nc1ccc(C(C)NC(=O)c2cnn3c2[nH]c(=O)c2ccccc23)cc1. The first kappa shape index (κ1) is 19.4. The zero-order valence-electron chi connectivity index (χ0n) is 16.6. The molecule has 3 N–H and O–H groups in total. The monoisotopic (exact) mass is 403 g/mol. The maximum absolute atomic E-state index is 12.9. The predicted octanol–water partition coefficient (Wildman–Crippen LogP) is 3.02. The highest BCUT2D eigenvalue weighted by Gasteiger charge is 2.18. The first-order chi connectivity index (χ1) is 14.5. The normalized spacial score (nSPS) is 12.1. The third-order valence-electron chi connectivity index (χ3n) is 4.99. The summed E-state index contributed by atoms with van der Waals surface area (Å²) in [5.41, 5.74) is 2.58. The molecule has 0 aliphatic carbocycles. The molecule has 0 fully saturated rings. The van der Waals surface area contributed by atoms with Crippen LogP contribution in [0.5, 0.6) is 0 Å². The minimum Gasteiger partial charge on any atom is -0.345 e. The number of hydrogen-bond acceptors (Lipinski definition) is 4. The van der Waals surface area contributed by atoms with Crippen LogP contribution in [0.15, 0.2) is 59.5 Å². The first-order valence-corrected chi connectivity index (χ1v) is 9.67. The van der Waals surface area contributed by atoms with Crippen LogP contribution in [0.3, 0.4) is 0 Å². The zero-order valence-corrected chi connectivity index (χ0v) is 16.6. The molecular weight excluding hydrogens is 382 g/mol. The van der Waals surface area contributed by atoms with Gasteiger partial charge in [-0.05, 0) is 36.8 Å². The van der Waals surface area contributed by atoms with Gasteiger partial charge in [0.1, 0.15) is 11.2 Å². The summed E-state index contributed by atoms with van der Waals surface area (Å²) in [7, 11) is 0. The molecule has 30 heavy (non-hydrogen) atoms. The molecule has 8 heteroatoms. The van der Waals surface area contributed by atoms with Gasteiger partial charge in [-0.3, -0.25) is 14.4 Å². The summed E-state index contributed by atoms with van der Waals surface area (Å²) in [4.78, 5) is 39.5. The molecule has 0 aliphatic heterocycles. The number of aromatic amines is 1. The van der Waals surface area contributed by atoms with Crippen LogP contribution >= 0.6 is 0 Å². The standard InChI is InChI=1S/C22H21N5O3/c1-3-19(28)25-15-10-8-14(9-11-15)13(2)24-22(30)17-12-23-27-18-7-5-4-6-16(18)21(29)26-20(17)27/h4-13H,3H2,1-2H3,(H,24,30)(H,25,28)(H,26,29). The van der Waals surface area contributed by atoms with Crippen molar-refractivity contribution in [2.24, 2.45) is 0 Å². The van der Waals surface area contributed by atoms with Gasteiger partial charge in [0.25, 0.3) is 11.5 Å². The van der Waals surface area contributed by atoms with Crippen molar-refractivity contribution in [3.63, 3.8) is 0 Å². The molecule has 4 aromatic rings. The summed E-state index contributed by atoms with van der Waals surface area (Å²) < 4.78 is 1.56. The van der Waals surface area contributed by atoms with Gasteiger partial charge in [-0.1, -0.05) is 31.2 Å². The maximum atomic E-state index is 12.9. The molecule has 0 aliphatic rings. The highest BCUT2D eigenvalue weighted by Crippen LogP contribution is 2.18. The highest BCUT2D eigenvalue weighted by atomic mass is 16.2. The topological polar surface area (TPSA) is 108 Å². The summed E-state index contributed by atoms with van der Waals surface area (Å²) in [6.45, 7) is 3.65. The van der Waals surface area contributed by atoms with E-state index in [2.05, 4.69) is 20.7 Å². The number of nitrogens with one attached hydrogen (secondary N) is 3. The van der Waals surface area contributed by atoms with E-state index in [-0.39, 0.29) is 29.0 Å². The quantitative estimate of drug-likeness (QED) is 0.476. The van der Waals surface area contributed by atoms with Crippen molar-refractivity contribution in [3.05, 3.63) is 76.2 Å². The molecular formula is C22H21N5O3. The zero-order chi connectivity index (χ0) is 21.3. The molecule has 2 aromatic carbocycles. The van der Waals surface area contributed by atoms with Crippen LogP contribution in [0.4, 0.5) is 5.69 Å². The number of hydrogen-bond donors (Lipinski definition) is 3. The van der Waals surface area contributed by atoms with E-state index in [4.69, 9.17) is 0 Å². The predicted molar refractivity (Wildman–Crippen MR) is 115 cm³/mol. The Hall–Kier alpha value is -3.94. The molecule has 1 atom stereocenters. The van der Waals surface area contributed by atoms with Crippen molar-refractivity contribution >= 4 is 34.1 Å². The van der Waals surface area contributed by atoms with Crippen LogP contribution in [-0.4, -0.2) is 26.4 Å². The second-order valence-electron chi connectivity index (χ2n) is 7.01. The fourth-order valence-electron chi connectivity index (χ4n) is 3.30. The summed E-state index contributed by atoms with van der Waals surface area (Å²) in [6, 6.07) is 14.1. The Bertz CT molecular complexity index is 1300. The lowest BCUT2D eigenvalue weighted by molar-refractivity contribution is -0.115. The summed E-state index contributed by atoms with van der Waals surface area (Å²) >= 11 is 0. The number of amides is 2. The Morgan fingerprint density at radius 2 is 1.87 bits per heavy atom. The second-order valence-corrected chi connectivity index (χ2v) is 7.01. The van der Waals surface area contributed by atoms with Gasteiger partial charge in [0.2, 0.25) is 5.91 Å². The number of anilines is 1. The van der Waals surface area contributed by atoms with Crippen LogP contribution < -0.4 is 16.2 Å². The Balaban J connectivity index is 1.57. The van der Waals surface area contributed by atoms with Crippen molar-refractivity contribution in [2.75, 3.05) is 5.32 Å². The number of nitrogens with zero attached hydrogens (tertiary/aromatic N) is 2. The van der Waals surface area contributed by atoms with E-state index in [1.54, 1.807) is 41.8 Å². The molecule has 0 saturated heterocycles. The third kappa shape index (κ3) is 3.55. The van der Waals surface area contributed by atoms with Gasteiger partial charge < -0.3 is 15.6 Å². The molecule has 1 unspecified atom stereocenters. The minimum atomic E-state index is -0.341. The van der Waals surface area contributed by atoms with E-state index < -0.39 is 0 Å². The molecule has 2 aromatic heterocycles. The van der Waals surface area contributed by atoms with E-state index in [1.807, 2.05) is 25.1 Å². The van der Waals surface area contributed by atoms with Crippen molar-refractivity contribution in [2.45, 2.75) is 26.3 Å². The molecule has 2 heterocycles. The average molecular weight is 403 g/mol. The molecule has 8 nitrogen and oxygen atoms in total. The fraction of sp³-hybridized carbons (Fsp3) is 0.182. The minimum absolute atomic E-state index is 0.0568. The van der Waals surface area contributed by atoms with Gasteiger partial charge in [0, 0.05) is 12.1 Å². The van der Waals surface area contributed by atoms with Crippen LogP contribution in [0, 0.1) is 0 Å². The smallest absolute Gasteiger partial charge is 0.259 e. The number of carbonyl (C=O) groups excluding carboxylic acids is 2. The van der Waals surface area contributed by atoms with Crippen molar-refractivity contribution in [3.8, 4) is 0 Å². The van der Waals surface area contributed by atoms with Crippen LogP contribution in [0.1, 0.15) is 42.2 Å². The van der Waals surface area contributed by atoms with Gasteiger partial charge in [-0.15, -0.1) is 0 Å². The molecule has 2 amide bonds. The molecule has 0 saturated carbocycles. The Morgan fingerprint density at radius 1 is 1.13 bits per heavy atom. The van der Waals surface area contributed by atoms with E-state index in [1.165, 1.54) is 6.20 Å². The van der Waals surface area contributed by atoms with Crippen LogP contribution in [-0.2, 0) is 4.79 Å². The summed E-state index contributed by atoms with van der Waals surface area (Å²) in [6.07, 6.45) is 1.86. The number of benzene rings is 2.